The Balaban J connectivity index is 2.04. The van der Waals surface area contributed by atoms with Gasteiger partial charge in [-0.3, -0.25) is 4.79 Å². The van der Waals surface area contributed by atoms with Crippen LogP contribution in [-0.2, 0) is 9.53 Å². The maximum Gasteiger partial charge on any atom is 0.287 e. The molecule has 96 valence electrons. The number of carbonyl (C=O) groups is 1. The number of fused-ring (bicyclic) bond motifs is 1. The van der Waals surface area contributed by atoms with Gasteiger partial charge in [0.15, 0.2) is 0 Å². The molecule has 2 aliphatic rings. The predicted molar refractivity (Wildman–Crippen MR) is 68.3 cm³/mol. The molecule has 1 aromatic carbocycles. The van der Waals surface area contributed by atoms with Crippen LogP contribution in [-0.4, -0.2) is 42.4 Å². The lowest BCUT2D eigenvalue weighted by atomic mass is 10.2. The van der Waals surface area contributed by atoms with E-state index in [4.69, 9.17) is 10.00 Å². The third-order valence-corrected chi connectivity index (χ3v) is 3.18. The first-order valence-electron chi connectivity index (χ1n) is 6.03. The molecule has 1 saturated heterocycles. The van der Waals surface area contributed by atoms with Crippen LogP contribution in [0.15, 0.2) is 35.4 Å². The Morgan fingerprint density at radius 1 is 1.37 bits per heavy atom. The molecule has 0 aromatic heterocycles. The number of carbonyl (C=O) groups excluding carboxylic acids is 1. The number of hydrazone groups is 1. The summed E-state index contributed by atoms with van der Waals surface area (Å²) in [7, 11) is 0. The quantitative estimate of drug-likeness (QED) is 0.736. The maximum atomic E-state index is 12.1. The van der Waals surface area contributed by atoms with Crippen LogP contribution in [0, 0.1) is 11.3 Å². The van der Waals surface area contributed by atoms with Crippen molar-refractivity contribution in [3.8, 4) is 6.07 Å². The van der Waals surface area contributed by atoms with E-state index in [0.29, 0.717) is 19.8 Å². The summed E-state index contributed by atoms with van der Waals surface area (Å²) in [4.78, 5) is 13.7. The predicted octanol–water partition coefficient (Wildman–Crippen LogP) is 0.571. The lowest BCUT2D eigenvalue weighted by molar-refractivity contribution is -0.133. The second-order valence-electron chi connectivity index (χ2n) is 4.29. The van der Waals surface area contributed by atoms with E-state index in [1.54, 1.807) is 9.91 Å². The van der Waals surface area contributed by atoms with Crippen molar-refractivity contribution >= 4 is 17.3 Å². The number of nitrogens with zero attached hydrogens (tertiary/aromatic N) is 4. The number of amides is 1. The van der Waals surface area contributed by atoms with Gasteiger partial charge in [-0.15, -0.1) is 0 Å². The third-order valence-electron chi connectivity index (χ3n) is 3.18. The first kappa shape index (κ1) is 11.7. The largest absolute Gasteiger partial charge is 0.375 e. The standard InChI is InChI=1S/C13H12N4O2/c14-8-11-13(18)16-6-7-19-9-12(16)17(15-11)10-4-2-1-3-5-10/h1-5,12H,6-7,9H2/t12-/m1/s1. The normalized spacial score (nSPS) is 22.6. The van der Waals surface area contributed by atoms with Crippen molar-refractivity contribution in [3.63, 3.8) is 0 Å². The average molecular weight is 256 g/mol. The number of rotatable bonds is 1. The van der Waals surface area contributed by atoms with Gasteiger partial charge in [-0.1, -0.05) is 18.2 Å². The molecule has 2 aliphatic heterocycles. The zero-order valence-corrected chi connectivity index (χ0v) is 10.2. The van der Waals surface area contributed by atoms with Gasteiger partial charge < -0.3 is 9.64 Å². The number of ether oxygens (including phenoxy) is 1. The van der Waals surface area contributed by atoms with Gasteiger partial charge in [0.25, 0.3) is 5.91 Å². The summed E-state index contributed by atoms with van der Waals surface area (Å²) in [5.41, 5.74) is 0.755. The summed E-state index contributed by atoms with van der Waals surface area (Å²) >= 11 is 0. The lowest BCUT2D eigenvalue weighted by Gasteiger charge is -2.43. The minimum absolute atomic E-state index is 0.0815. The van der Waals surface area contributed by atoms with Crippen LogP contribution < -0.4 is 5.01 Å². The molecule has 0 N–H and O–H groups in total. The molecule has 3 rings (SSSR count). The minimum Gasteiger partial charge on any atom is -0.375 e. The Morgan fingerprint density at radius 3 is 2.89 bits per heavy atom. The Hall–Kier alpha value is -2.39. The van der Waals surface area contributed by atoms with Crippen molar-refractivity contribution < 1.29 is 9.53 Å². The van der Waals surface area contributed by atoms with Gasteiger partial charge in [0.05, 0.1) is 18.9 Å². The first-order valence-corrected chi connectivity index (χ1v) is 6.03. The number of hydrogen-bond acceptors (Lipinski definition) is 5. The van der Waals surface area contributed by atoms with E-state index in [9.17, 15) is 4.79 Å². The van der Waals surface area contributed by atoms with Crippen molar-refractivity contribution in [1.29, 1.82) is 5.26 Å². The zero-order valence-electron chi connectivity index (χ0n) is 10.2. The Kier molecular flexibility index (Phi) is 2.89. The molecule has 19 heavy (non-hydrogen) atoms. The molecule has 0 spiro atoms. The highest BCUT2D eigenvalue weighted by Crippen LogP contribution is 2.24. The molecule has 2 heterocycles. The van der Waals surface area contributed by atoms with E-state index in [0.717, 1.165) is 5.69 Å². The molecule has 1 aromatic rings. The highest BCUT2D eigenvalue weighted by atomic mass is 16.5. The van der Waals surface area contributed by atoms with Crippen LogP contribution >= 0.6 is 0 Å². The second-order valence-corrected chi connectivity index (χ2v) is 4.29. The summed E-state index contributed by atoms with van der Waals surface area (Å²) in [6.45, 7) is 1.36. The number of anilines is 1. The van der Waals surface area contributed by atoms with E-state index in [-0.39, 0.29) is 17.8 Å². The van der Waals surface area contributed by atoms with E-state index < -0.39 is 0 Å². The van der Waals surface area contributed by atoms with Crippen molar-refractivity contribution in [2.24, 2.45) is 5.10 Å². The van der Waals surface area contributed by atoms with Crippen LogP contribution in [0.2, 0.25) is 0 Å². The highest BCUT2D eigenvalue weighted by molar-refractivity contribution is 6.45. The number of nitriles is 1. The highest BCUT2D eigenvalue weighted by Gasteiger charge is 2.39. The van der Waals surface area contributed by atoms with Crippen molar-refractivity contribution in [3.05, 3.63) is 30.3 Å². The fourth-order valence-corrected chi connectivity index (χ4v) is 2.26. The molecule has 1 amide bonds. The van der Waals surface area contributed by atoms with E-state index in [1.807, 2.05) is 36.4 Å². The molecule has 0 unspecified atom stereocenters. The Morgan fingerprint density at radius 2 is 2.16 bits per heavy atom. The van der Waals surface area contributed by atoms with Gasteiger partial charge in [-0.2, -0.15) is 10.4 Å². The first-order chi connectivity index (χ1) is 9.31. The van der Waals surface area contributed by atoms with E-state index in [1.165, 1.54) is 0 Å². The smallest absolute Gasteiger partial charge is 0.287 e. The number of morpholine rings is 1. The van der Waals surface area contributed by atoms with Crippen LogP contribution in [0.1, 0.15) is 0 Å². The van der Waals surface area contributed by atoms with Gasteiger partial charge in [0.1, 0.15) is 12.2 Å². The summed E-state index contributed by atoms with van der Waals surface area (Å²) in [5, 5.41) is 14.9. The molecule has 0 bridgehead atoms. The number of hydrogen-bond donors (Lipinski definition) is 0. The summed E-state index contributed by atoms with van der Waals surface area (Å²) < 4.78 is 5.42. The van der Waals surface area contributed by atoms with Gasteiger partial charge in [0, 0.05) is 6.54 Å². The second kappa shape index (κ2) is 4.71. The molecule has 1 fully saturated rings. The average Bonchev–Trinajstić information content (AvgIpc) is 2.49. The Bertz CT molecular complexity index is 564. The van der Waals surface area contributed by atoms with Gasteiger partial charge >= 0.3 is 0 Å². The molecule has 0 radical (unpaired) electrons. The summed E-state index contributed by atoms with van der Waals surface area (Å²) in [6, 6.07) is 11.3. The Labute approximate surface area is 110 Å². The van der Waals surface area contributed by atoms with Crippen LogP contribution in [0.25, 0.3) is 0 Å². The SMILES string of the molecule is N#CC1=NN(c2ccccc2)[C@@H]2COCCN2C1=O. The van der Waals surface area contributed by atoms with Gasteiger partial charge in [-0.05, 0) is 12.1 Å². The topological polar surface area (TPSA) is 68.9 Å². The summed E-state index contributed by atoms with van der Waals surface area (Å²) in [6.07, 6.45) is -0.277. The monoisotopic (exact) mass is 256 g/mol. The summed E-state index contributed by atoms with van der Waals surface area (Å²) in [5.74, 6) is -0.317. The minimum atomic E-state index is -0.317. The fourth-order valence-electron chi connectivity index (χ4n) is 2.26. The molecule has 0 saturated carbocycles. The van der Waals surface area contributed by atoms with E-state index in [2.05, 4.69) is 5.10 Å². The molecule has 0 aliphatic carbocycles. The zero-order chi connectivity index (χ0) is 13.2. The van der Waals surface area contributed by atoms with Crippen molar-refractivity contribution in [1.82, 2.24) is 4.90 Å². The molecule has 6 nitrogen and oxygen atoms in total. The fraction of sp³-hybridized carbons (Fsp3) is 0.308. The van der Waals surface area contributed by atoms with Crippen molar-refractivity contribution in [2.75, 3.05) is 24.8 Å². The van der Waals surface area contributed by atoms with Crippen LogP contribution in [0.3, 0.4) is 0 Å². The van der Waals surface area contributed by atoms with E-state index >= 15 is 0 Å². The molecular weight excluding hydrogens is 244 g/mol. The van der Waals surface area contributed by atoms with Crippen LogP contribution in [0.4, 0.5) is 5.69 Å². The lowest BCUT2D eigenvalue weighted by Crippen LogP contribution is -2.60. The van der Waals surface area contributed by atoms with Crippen molar-refractivity contribution in [2.45, 2.75) is 6.17 Å². The molecule has 1 atom stereocenters. The number of para-hydroxylation sites is 1. The van der Waals surface area contributed by atoms with Gasteiger partial charge in [-0.25, -0.2) is 5.01 Å². The molecular formula is C13H12N4O2. The third kappa shape index (κ3) is 1.94. The molecule has 6 heteroatoms. The number of benzene rings is 1. The maximum absolute atomic E-state index is 12.1. The van der Waals surface area contributed by atoms with Gasteiger partial charge in [0.2, 0.25) is 5.71 Å². The van der Waals surface area contributed by atoms with Crippen LogP contribution in [0.5, 0.6) is 0 Å².